The average molecular weight is 377 g/mol. The lowest BCUT2D eigenvalue weighted by Gasteiger charge is -2.25. The molecule has 0 saturated carbocycles. The number of H-pyrrole nitrogens is 1. The standard InChI is InChI=1S/C25H32N2O/c1-3-28-25-13-7-5-10-22(25)19(2)20-9-8-15-27(16-14-20)18-21-17-26-24-12-6-4-11-23(21)24/h4-7,10-13,17,19-20,26H,3,8-9,14-16,18H2,1-2H3. The van der Waals surface area contributed by atoms with Gasteiger partial charge >= 0.3 is 0 Å². The summed E-state index contributed by atoms with van der Waals surface area (Å²) in [6, 6.07) is 17.2. The van der Waals surface area contributed by atoms with Crippen LogP contribution >= 0.6 is 0 Å². The van der Waals surface area contributed by atoms with Crippen molar-refractivity contribution >= 4 is 10.9 Å². The number of ether oxygens (including phenoxy) is 1. The summed E-state index contributed by atoms with van der Waals surface area (Å²) in [4.78, 5) is 6.06. The third kappa shape index (κ3) is 4.10. The van der Waals surface area contributed by atoms with E-state index in [1.807, 2.05) is 0 Å². The van der Waals surface area contributed by atoms with E-state index in [0.29, 0.717) is 5.92 Å². The molecule has 3 aromatic rings. The lowest BCUT2D eigenvalue weighted by Crippen LogP contribution is -2.24. The van der Waals surface area contributed by atoms with Crippen molar-refractivity contribution in [3.63, 3.8) is 0 Å². The van der Waals surface area contributed by atoms with E-state index in [0.717, 1.165) is 24.8 Å². The highest BCUT2D eigenvalue weighted by atomic mass is 16.5. The first kappa shape index (κ1) is 19.1. The Balaban J connectivity index is 1.42. The minimum atomic E-state index is 0.538. The van der Waals surface area contributed by atoms with E-state index in [4.69, 9.17) is 4.74 Å². The van der Waals surface area contributed by atoms with Crippen molar-refractivity contribution in [3.8, 4) is 5.75 Å². The van der Waals surface area contributed by atoms with Crippen molar-refractivity contribution in [1.82, 2.24) is 9.88 Å². The molecule has 1 aliphatic heterocycles. The molecule has 0 radical (unpaired) electrons. The summed E-state index contributed by atoms with van der Waals surface area (Å²) in [5.74, 6) is 2.32. The molecule has 2 heterocycles. The maximum absolute atomic E-state index is 5.90. The molecule has 1 saturated heterocycles. The SMILES string of the molecule is CCOc1ccccc1C(C)C1CCCN(Cc2c[nH]c3ccccc23)CC1. The zero-order valence-electron chi connectivity index (χ0n) is 17.2. The number of rotatable bonds is 6. The van der Waals surface area contributed by atoms with E-state index in [9.17, 15) is 0 Å². The largest absolute Gasteiger partial charge is 0.494 e. The fraction of sp³-hybridized carbons (Fsp3) is 0.440. The van der Waals surface area contributed by atoms with Gasteiger partial charge in [-0.25, -0.2) is 0 Å². The molecule has 0 bridgehead atoms. The number of para-hydroxylation sites is 2. The lowest BCUT2D eigenvalue weighted by atomic mass is 9.82. The maximum Gasteiger partial charge on any atom is 0.122 e. The minimum absolute atomic E-state index is 0.538. The first-order valence-corrected chi connectivity index (χ1v) is 10.8. The summed E-state index contributed by atoms with van der Waals surface area (Å²) in [6.45, 7) is 8.59. The number of likely N-dealkylation sites (tertiary alicyclic amines) is 1. The molecule has 3 heteroatoms. The zero-order chi connectivity index (χ0) is 19.3. The molecule has 2 atom stereocenters. The number of fused-ring (bicyclic) bond motifs is 1. The van der Waals surface area contributed by atoms with E-state index in [2.05, 4.69) is 78.5 Å². The van der Waals surface area contributed by atoms with Gasteiger partial charge in [-0.05, 0) is 74.4 Å². The molecule has 1 aromatic heterocycles. The van der Waals surface area contributed by atoms with E-state index >= 15 is 0 Å². The van der Waals surface area contributed by atoms with Crippen LogP contribution in [0.25, 0.3) is 10.9 Å². The van der Waals surface area contributed by atoms with E-state index in [1.165, 1.54) is 54.4 Å². The molecule has 28 heavy (non-hydrogen) atoms. The van der Waals surface area contributed by atoms with Crippen LogP contribution in [0, 0.1) is 5.92 Å². The number of nitrogens with zero attached hydrogens (tertiary/aromatic N) is 1. The smallest absolute Gasteiger partial charge is 0.122 e. The second-order valence-electron chi connectivity index (χ2n) is 8.09. The number of benzene rings is 2. The average Bonchev–Trinajstić information content (AvgIpc) is 2.98. The van der Waals surface area contributed by atoms with Gasteiger partial charge in [0.05, 0.1) is 6.61 Å². The van der Waals surface area contributed by atoms with Gasteiger partial charge in [-0.3, -0.25) is 4.90 Å². The molecule has 2 aromatic carbocycles. The highest BCUT2D eigenvalue weighted by Gasteiger charge is 2.25. The quantitative estimate of drug-likeness (QED) is 0.574. The molecule has 1 N–H and O–H groups in total. The van der Waals surface area contributed by atoms with E-state index in [-0.39, 0.29) is 0 Å². The zero-order valence-corrected chi connectivity index (χ0v) is 17.2. The van der Waals surface area contributed by atoms with Crippen molar-refractivity contribution in [2.45, 2.75) is 45.6 Å². The number of aromatic nitrogens is 1. The van der Waals surface area contributed by atoms with Crippen LogP contribution in [0.4, 0.5) is 0 Å². The van der Waals surface area contributed by atoms with Gasteiger partial charge in [-0.2, -0.15) is 0 Å². The van der Waals surface area contributed by atoms with Crippen molar-refractivity contribution in [3.05, 3.63) is 65.9 Å². The van der Waals surface area contributed by atoms with Crippen LogP contribution in [-0.4, -0.2) is 29.6 Å². The Labute approximate surface area is 168 Å². The Hall–Kier alpha value is -2.26. The van der Waals surface area contributed by atoms with Crippen LogP contribution in [0.2, 0.25) is 0 Å². The number of nitrogens with one attached hydrogen (secondary N) is 1. The Bertz CT molecular complexity index is 900. The summed E-state index contributed by atoms with van der Waals surface area (Å²) < 4.78 is 5.90. The summed E-state index contributed by atoms with van der Waals surface area (Å²) in [6.07, 6.45) is 6.01. The molecular formula is C25H32N2O. The molecule has 148 valence electrons. The lowest BCUT2D eigenvalue weighted by molar-refractivity contribution is 0.269. The number of hydrogen-bond acceptors (Lipinski definition) is 2. The van der Waals surface area contributed by atoms with Crippen molar-refractivity contribution in [2.75, 3.05) is 19.7 Å². The van der Waals surface area contributed by atoms with Crippen LogP contribution < -0.4 is 4.74 Å². The van der Waals surface area contributed by atoms with Gasteiger partial charge in [0.1, 0.15) is 5.75 Å². The van der Waals surface area contributed by atoms with Crippen LogP contribution in [0.5, 0.6) is 5.75 Å². The fourth-order valence-electron chi connectivity index (χ4n) is 4.74. The van der Waals surface area contributed by atoms with Crippen molar-refractivity contribution in [2.24, 2.45) is 5.92 Å². The molecule has 2 unspecified atom stereocenters. The van der Waals surface area contributed by atoms with E-state index in [1.54, 1.807) is 0 Å². The fourth-order valence-corrected chi connectivity index (χ4v) is 4.74. The highest BCUT2D eigenvalue weighted by molar-refractivity contribution is 5.82. The van der Waals surface area contributed by atoms with E-state index < -0.39 is 0 Å². The monoisotopic (exact) mass is 376 g/mol. The van der Waals surface area contributed by atoms with Crippen LogP contribution in [0.3, 0.4) is 0 Å². The summed E-state index contributed by atoms with van der Waals surface area (Å²) in [5.41, 5.74) is 4.04. The Kier molecular flexibility index (Phi) is 6.01. The summed E-state index contributed by atoms with van der Waals surface area (Å²) >= 11 is 0. The van der Waals surface area contributed by atoms with Gasteiger partial charge in [0, 0.05) is 23.6 Å². The molecule has 1 aliphatic rings. The van der Waals surface area contributed by atoms with Gasteiger partial charge < -0.3 is 9.72 Å². The third-order valence-corrected chi connectivity index (χ3v) is 6.35. The van der Waals surface area contributed by atoms with Gasteiger partial charge in [-0.15, -0.1) is 0 Å². The molecule has 4 rings (SSSR count). The summed E-state index contributed by atoms with van der Waals surface area (Å²) in [7, 11) is 0. The predicted octanol–water partition coefficient (Wildman–Crippen LogP) is 5.97. The summed E-state index contributed by atoms with van der Waals surface area (Å²) in [5, 5.41) is 1.36. The van der Waals surface area contributed by atoms with Crippen LogP contribution in [0.15, 0.2) is 54.7 Å². The van der Waals surface area contributed by atoms with Gasteiger partial charge in [0.25, 0.3) is 0 Å². The number of hydrogen-bond donors (Lipinski definition) is 1. The topological polar surface area (TPSA) is 28.3 Å². The van der Waals surface area contributed by atoms with Gasteiger partial charge in [0.2, 0.25) is 0 Å². The van der Waals surface area contributed by atoms with Crippen LogP contribution in [0.1, 0.15) is 50.2 Å². The molecule has 3 nitrogen and oxygen atoms in total. The van der Waals surface area contributed by atoms with Crippen molar-refractivity contribution < 1.29 is 4.74 Å². The second-order valence-corrected chi connectivity index (χ2v) is 8.09. The van der Waals surface area contributed by atoms with Gasteiger partial charge in [0.15, 0.2) is 0 Å². The third-order valence-electron chi connectivity index (χ3n) is 6.35. The first-order chi connectivity index (χ1) is 13.8. The maximum atomic E-state index is 5.90. The normalized spacial score (nSPS) is 19.4. The second kappa shape index (κ2) is 8.83. The molecule has 0 amide bonds. The van der Waals surface area contributed by atoms with Crippen molar-refractivity contribution in [1.29, 1.82) is 0 Å². The molecule has 0 spiro atoms. The minimum Gasteiger partial charge on any atom is -0.494 e. The Morgan fingerprint density at radius 3 is 2.79 bits per heavy atom. The Morgan fingerprint density at radius 1 is 1.07 bits per heavy atom. The molecule has 0 aliphatic carbocycles. The number of aromatic amines is 1. The van der Waals surface area contributed by atoms with Gasteiger partial charge in [-0.1, -0.05) is 43.3 Å². The highest BCUT2D eigenvalue weighted by Crippen LogP contribution is 2.37. The molecule has 1 fully saturated rings. The first-order valence-electron chi connectivity index (χ1n) is 10.8. The van der Waals surface area contributed by atoms with Crippen LogP contribution in [-0.2, 0) is 6.54 Å². The molecular weight excluding hydrogens is 344 g/mol. The predicted molar refractivity (Wildman–Crippen MR) is 117 cm³/mol. The Morgan fingerprint density at radius 2 is 1.89 bits per heavy atom.